The third-order valence-corrected chi connectivity index (χ3v) is 7.84. The first-order chi connectivity index (χ1) is 21.4. The number of benzene rings is 3. The number of methoxy groups -OCH3 is 2. The Hall–Kier alpha value is -4.57. The molecule has 9 nitrogen and oxygen atoms in total. The summed E-state index contributed by atoms with van der Waals surface area (Å²) in [5.41, 5.74) is 7.97. The molecule has 3 aromatic carbocycles. The Morgan fingerprint density at radius 2 is 1.52 bits per heavy atom. The van der Waals surface area contributed by atoms with Gasteiger partial charge in [-0.2, -0.15) is 0 Å². The van der Waals surface area contributed by atoms with Gasteiger partial charge in [0.25, 0.3) is 0 Å². The molecule has 0 bridgehead atoms. The van der Waals surface area contributed by atoms with Gasteiger partial charge in [-0.05, 0) is 68.2 Å². The molecule has 2 heterocycles. The Morgan fingerprint density at radius 3 is 2.09 bits per heavy atom. The summed E-state index contributed by atoms with van der Waals surface area (Å²) in [5, 5.41) is -0.122. The number of ether oxygens (including phenoxy) is 4. The van der Waals surface area contributed by atoms with Gasteiger partial charge in [0, 0.05) is 25.4 Å². The van der Waals surface area contributed by atoms with Crippen LogP contribution < -0.4 is 30.1 Å². The van der Waals surface area contributed by atoms with Gasteiger partial charge in [-0.15, -0.1) is 0 Å². The minimum Gasteiger partial charge on any atom is -0.497 e. The Bertz CT molecular complexity index is 1660. The Labute approximate surface area is 256 Å². The van der Waals surface area contributed by atoms with Crippen LogP contribution in [0.3, 0.4) is 0 Å². The van der Waals surface area contributed by atoms with E-state index in [1.165, 1.54) is 12.8 Å². The molecule has 1 aliphatic heterocycles. The largest absolute Gasteiger partial charge is 0.497 e. The maximum atomic E-state index is 16.5. The average Bonchev–Trinajstić information content (AvgIpc) is 3.57. The molecule has 0 saturated carbocycles. The van der Waals surface area contributed by atoms with E-state index in [1.807, 2.05) is 43.3 Å². The molecule has 232 valence electrons. The van der Waals surface area contributed by atoms with Crippen molar-refractivity contribution in [3.8, 4) is 23.0 Å². The van der Waals surface area contributed by atoms with Crippen molar-refractivity contribution >= 4 is 16.7 Å². The van der Waals surface area contributed by atoms with Crippen LogP contribution in [-0.4, -0.2) is 55.7 Å². The van der Waals surface area contributed by atoms with Crippen LogP contribution in [-0.2, 0) is 19.8 Å². The number of nitrogens with two attached hydrogens (primary N) is 1. The Balaban J connectivity index is 1.52. The van der Waals surface area contributed by atoms with Gasteiger partial charge in [0.1, 0.15) is 30.5 Å². The highest BCUT2D eigenvalue weighted by atomic mass is 19.1. The summed E-state index contributed by atoms with van der Waals surface area (Å²) >= 11 is 0. The molecular weight excluding hydrogens is 563 g/mol. The van der Waals surface area contributed by atoms with Crippen molar-refractivity contribution in [3.63, 3.8) is 0 Å². The van der Waals surface area contributed by atoms with Crippen LogP contribution >= 0.6 is 0 Å². The monoisotopic (exact) mass is 602 g/mol. The highest BCUT2D eigenvalue weighted by molar-refractivity contribution is 6.00. The molecule has 0 unspecified atom stereocenters. The quantitative estimate of drug-likeness (QED) is 0.167. The molecule has 1 aromatic heterocycles. The van der Waals surface area contributed by atoms with Crippen molar-refractivity contribution in [1.82, 2.24) is 9.47 Å². The number of hydrogen-bond acceptors (Lipinski definition) is 7. The number of aryl methyl sites for hydroxylation is 1. The summed E-state index contributed by atoms with van der Waals surface area (Å²) < 4.78 is 40.9. The lowest BCUT2D eigenvalue weighted by Crippen LogP contribution is -2.28. The molecule has 0 aliphatic carbocycles. The van der Waals surface area contributed by atoms with Gasteiger partial charge in [0.2, 0.25) is 5.43 Å². The van der Waals surface area contributed by atoms with Crippen molar-refractivity contribution in [3.05, 3.63) is 93.5 Å². The first kappa shape index (κ1) is 30.9. The number of amidine groups is 1. The maximum Gasteiger partial charge on any atom is 0.203 e. The number of aromatic nitrogens is 1. The lowest BCUT2D eigenvalue weighted by atomic mass is 10.1. The minimum absolute atomic E-state index is 0.0487. The van der Waals surface area contributed by atoms with Crippen LogP contribution in [0.15, 0.2) is 70.6 Å². The molecule has 44 heavy (non-hydrogen) atoms. The highest BCUT2D eigenvalue weighted by Crippen LogP contribution is 2.37. The van der Waals surface area contributed by atoms with Crippen LogP contribution in [0, 0.1) is 5.82 Å². The number of fused-ring (bicyclic) bond motifs is 1. The number of pyridine rings is 1. The molecule has 0 radical (unpaired) electrons. The van der Waals surface area contributed by atoms with Crippen LogP contribution in [0.5, 0.6) is 23.0 Å². The van der Waals surface area contributed by atoms with Crippen molar-refractivity contribution in [1.29, 1.82) is 0 Å². The van der Waals surface area contributed by atoms with Gasteiger partial charge in [0.15, 0.2) is 17.3 Å². The fraction of sp³-hybridized carbons (Fsp3) is 0.353. The second-order valence-electron chi connectivity index (χ2n) is 10.7. The fourth-order valence-corrected chi connectivity index (χ4v) is 5.31. The lowest BCUT2D eigenvalue weighted by molar-refractivity contribution is 0.246. The molecule has 4 aromatic rings. The predicted octanol–water partition coefficient (Wildman–Crippen LogP) is 5.14. The molecule has 1 fully saturated rings. The van der Waals surface area contributed by atoms with E-state index in [-0.39, 0.29) is 41.5 Å². The van der Waals surface area contributed by atoms with Crippen LogP contribution in [0.25, 0.3) is 10.9 Å². The third kappa shape index (κ3) is 6.97. The molecule has 0 spiro atoms. The van der Waals surface area contributed by atoms with Crippen molar-refractivity contribution < 1.29 is 23.3 Å². The van der Waals surface area contributed by atoms with E-state index in [0.29, 0.717) is 24.4 Å². The van der Waals surface area contributed by atoms with Crippen molar-refractivity contribution in [2.24, 2.45) is 10.7 Å². The van der Waals surface area contributed by atoms with Gasteiger partial charge >= 0.3 is 0 Å². The van der Waals surface area contributed by atoms with Crippen molar-refractivity contribution in [2.45, 2.75) is 39.5 Å². The zero-order valence-electron chi connectivity index (χ0n) is 25.5. The topological polar surface area (TPSA) is 101 Å². The molecule has 1 aliphatic rings. The van der Waals surface area contributed by atoms with E-state index < -0.39 is 11.2 Å². The Kier molecular flexibility index (Phi) is 10.0. The summed E-state index contributed by atoms with van der Waals surface area (Å²) in [6.07, 6.45) is 4.00. The van der Waals surface area contributed by atoms with Gasteiger partial charge in [-0.3, -0.25) is 9.79 Å². The summed E-state index contributed by atoms with van der Waals surface area (Å²) in [5.74, 6) is 0.735. The SMILES string of the molecule is CCn1cc(C(N)=NCCN2CCCC2)c(=O)c2c(F)c(OCc3ccc(OC)cc3)c(OCc3ccc(OC)cc3)cc21. The zero-order chi connectivity index (χ0) is 31.1. The number of nitrogens with zero attached hydrogens (tertiary/aromatic N) is 3. The summed E-state index contributed by atoms with van der Waals surface area (Å²) in [7, 11) is 3.19. The van der Waals surface area contributed by atoms with Crippen LogP contribution in [0.1, 0.15) is 36.5 Å². The number of halogens is 1. The number of likely N-dealkylation sites (tertiary alicyclic amines) is 1. The normalized spacial score (nSPS) is 13.8. The van der Waals surface area contributed by atoms with Gasteiger partial charge in [-0.1, -0.05) is 24.3 Å². The predicted molar refractivity (Wildman–Crippen MR) is 170 cm³/mol. The van der Waals surface area contributed by atoms with E-state index >= 15 is 4.39 Å². The van der Waals surface area contributed by atoms with Gasteiger partial charge in [0.05, 0.1) is 37.2 Å². The van der Waals surface area contributed by atoms with Crippen molar-refractivity contribution in [2.75, 3.05) is 40.4 Å². The van der Waals surface area contributed by atoms with E-state index in [9.17, 15) is 4.79 Å². The number of rotatable bonds is 13. The molecule has 5 rings (SSSR count). The van der Waals surface area contributed by atoms with Crippen LogP contribution in [0.2, 0.25) is 0 Å². The van der Waals surface area contributed by atoms with Gasteiger partial charge < -0.3 is 34.1 Å². The second kappa shape index (κ2) is 14.3. The molecule has 2 N–H and O–H groups in total. The smallest absolute Gasteiger partial charge is 0.203 e. The lowest BCUT2D eigenvalue weighted by Gasteiger charge is -2.18. The molecule has 0 amide bonds. The second-order valence-corrected chi connectivity index (χ2v) is 10.7. The average molecular weight is 603 g/mol. The zero-order valence-corrected chi connectivity index (χ0v) is 25.5. The van der Waals surface area contributed by atoms with E-state index in [4.69, 9.17) is 24.7 Å². The summed E-state index contributed by atoms with van der Waals surface area (Å²) in [4.78, 5) is 20.6. The molecular formula is C34H39FN4O5. The maximum absolute atomic E-state index is 16.5. The summed E-state index contributed by atoms with van der Waals surface area (Å²) in [6, 6.07) is 16.3. The van der Waals surface area contributed by atoms with Gasteiger partial charge in [-0.25, -0.2) is 4.39 Å². The standard InChI is InChI=1S/C34H39FN4O5/c1-4-39-20-27(34(36)37-15-18-38-16-5-6-17-38)32(40)30-28(39)19-29(43-21-23-7-11-25(41-2)12-8-23)33(31(30)35)44-22-24-9-13-26(42-3)14-10-24/h7-14,19-20H,4-6,15-18,21-22H2,1-3H3,(H2,36,37). The third-order valence-electron chi connectivity index (χ3n) is 7.84. The van der Waals surface area contributed by atoms with E-state index in [1.54, 1.807) is 43.2 Å². The number of hydrogen-bond donors (Lipinski definition) is 1. The molecule has 1 saturated heterocycles. The first-order valence-electron chi connectivity index (χ1n) is 14.9. The molecule has 0 atom stereocenters. The summed E-state index contributed by atoms with van der Waals surface area (Å²) in [6.45, 7) is 5.90. The van der Waals surface area contributed by atoms with E-state index in [0.717, 1.165) is 36.5 Å². The fourth-order valence-electron chi connectivity index (χ4n) is 5.31. The molecule has 10 heteroatoms. The first-order valence-corrected chi connectivity index (χ1v) is 14.9. The Morgan fingerprint density at radius 1 is 0.932 bits per heavy atom. The minimum atomic E-state index is -0.806. The number of aliphatic imine (C=N–C) groups is 1. The highest BCUT2D eigenvalue weighted by Gasteiger charge is 2.23. The van der Waals surface area contributed by atoms with Crippen LogP contribution in [0.4, 0.5) is 4.39 Å². The van der Waals surface area contributed by atoms with E-state index in [2.05, 4.69) is 9.89 Å².